The highest BCUT2D eigenvalue weighted by Crippen LogP contribution is 2.27. The Labute approximate surface area is 276 Å². The standard InChI is InChI=1S/C36H40FN3O6S/c1-36(2,3)38-35(42)33(23-26-10-7-6-8-11-26)39(24-27-12-9-13-31(22-27)46-5)34(41)25-40(29-16-14-28(37)15-17-29)47(43,44)32-20-18-30(45-4)19-21-32/h6-22,33H,23-25H2,1-5H3,(H,38,42)/t33-/m1/s1. The lowest BCUT2D eigenvalue weighted by atomic mass is 10.0. The molecule has 0 aliphatic heterocycles. The van der Waals surface area contributed by atoms with Crippen LogP contribution in [0.2, 0.25) is 0 Å². The van der Waals surface area contributed by atoms with Gasteiger partial charge in [-0.25, -0.2) is 12.8 Å². The molecule has 0 aromatic heterocycles. The third-order valence-electron chi connectivity index (χ3n) is 7.30. The first-order valence-electron chi connectivity index (χ1n) is 15.0. The molecular weight excluding hydrogens is 621 g/mol. The van der Waals surface area contributed by atoms with Crippen LogP contribution in [0.1, 0.15) is 31.9 Å². The summed E-state index contributed by atoms with van der Waals surface area (Å²) >= 11 is 0. The molecule has 0 saturated carbocycles. The third kappa shape index (κ3) is 9.32. The third-order valence-corrected chi connectivity index (χ3v) is 9.09. The van der Waals surface area contributed by atoms with Gasteiger partial charge in [-0.3, -0.25) is 13.9 Å². The second kappa shape index (κ2) is 15.1. The Hall–Kier alpha value is -4.90. The Morgan fingerprint density at radius 2 is 1.43 bits per heavy atom. The summed E-state index contributed by atoms with van der Waals surface area (Å²) in [5.74, 6) is -0.596. The Balaban J connectivity index is 1.82. The minimum absolute atomic E-state index is 0.0229. The lowest BCUT2D eigenvalue weighted by molar-refractivity contribution is -0.140. The molecule has 0 radical (unpaired) electrons. The van der Waals surface area contributed by atoms with Crippen LogP contribution in [-0.4, -0.2) is 57.5 Å². The molecule has 47 heavy (non-hydrogen) atoms. The van der Waals surface area contributed by atoms with Crippen molar-refractivity contribution in [1.29, 1.82) is 0 Å². The minimum atomic E-state index is -4.35. The molecule has 11 heteroatoms. The van der Waals surface area contributed by atoms with Crippen LogP contribution in [0.25, 0.3) is 0 Å². The van der Waals surface area contributed by atoms with E-state index in [0.29, 0.717) is 17.1 Å². The summed E-state index contributed by atoms with van der Waals surface area (Å²) in [5.41, 5.74) is 0.946. The van der Waals surface area contributed by atoms with E-state index in [-0.39, 0.29) is 23.5 Å². The van der Waals surface area contributed by atoms with Crippen LogP contribution in [-0.2, 0) is 32.6 Å². The highest BCUT2D eigenvalue weighted by Gasteiger charge is 2.35. The number of ether oxygens (including phenoxy) is 2. The highest BCUT2D eigenvalue weighted by atomic mass is 32.2. The monoisotopic (exact) mass is 661 g/mol. The molecule has 9 nitrogen and oxygen atoms in total. The number of halogens is 1. The van der Waals surface area contributed by atoms with Crippen LogP contribution in [0.15, 0.2) is 108 Å². The number of anilines is 1. The van der Waals surface area contributed by atoms with E-state index in [2.05, 4.69) is 5.32 Å². The number of hydrogen-bond donors (Lipinski definition) is 1. The normalized spacial score (nSPS) is 12.1. The van der Waals surface area contributed by atoms with Gasteiger partial charge in [-0.2, -0.15) is 0 Å². The van der Waals surface area contributed by atoms with Crippen molar-refractivity contribution in [2.75, 3.05) is 25.1 Å². The summed E-state index contributed by atoms with van der Waals surface area (Å²) in [5, 5.41) is 3.00. The summed E-state index contributed by atoms with van der Waals surface area (Å²) in [7, 11) is -1.36. The minimum Gasteiger partial charge on any atom is -0.497 e. The van der Waals surface area contributed by atoms with Crippen LogP contribution in [0, 0.1) is 5.82 Å². The van der Waals surface area contributed by atoms with Gasteiger partial charge in [0.05, 0.1) is 24.8 Å². The molecule has 0 unspecified atom stereocenters. The Morgan fingerprint density at radius 3 is 2.02 bits per heavy atom. The number of methoxy groups -OCH3 is 2. The second-order valence-corrected chi connectivity index (χ2v) is 13.8. The molecule has 4 rings (SSSR count). The van der Waals surface area contributed by atoms with Gasteiger partial charge in [-0.1, -0.05) is 42.5 Å². The summed E-state index contributed by atoms with van der Waals surface area (Å²) in [4.78, 5) is 29.8. The number of amides is 2. The fraction of sp³-hybridized carbons (Fsp3) is 0.278. The molecular formula is C36H40FN3O6S. The van der Waals surface area contributed by atoms with Crippen molar-refractivity contribution >= 4 is 27.5 Å². The first-order chi connectivity index (χ1) is 22.3. The summed E-state index contributed by atoms with van der Waals surface area (Å²) in [6, 6.07) is 25.9. The van der Waals surface area contributed by atoms with Gasteiger partial charge in [0.1, 0.15) is 29.9 Å². The lowest BCUT2D eigenvalue weighted by Crippen LogP contribution is -2.56. The molecule has 4 aromatic rings. The molecule has 0 bridgehead atoms. The van der Waals surface area contributed by atoms with E-state index in [1.807, 2.05) is 51.1 Å². The number of rotatable bonds is 13. The molecule has 248 valence electrons. The van der Waals surface area contributed by atoms with Crippen molar-refractivity contribution in [3.05, 3.63) is 120 Å². The average Bonchev–Trinajstić information content (AvgIpc) is 3.05. The van der Waals surface area contributed by atoms with Crippen molar-refractivity contribution in [3.63, 3.8) is 0 Å². The predicted octanol–water partition coefficient (Wildman–Crippen LogP) is 5.59. The van der Waals surface area contributed by atoms with Crippen LogP contribution in [0.3, 0.4) is 0 Å². The topological polar surface area (TPSA) is 105 Å². The van der Waals surface area contributed by atoms with E-state index in [4.69, 9.17) is 9.47 Å². The highest BCUT2D eigenvalue weighted by molar-refractivity contribution is 7.92. The van der Waals surface area contributed by atoms with Crippen LogP contribution in [0.4, 0.5) is 10.1 Å². The first kappa shape index (κ1) is 35.0. The number of hydrogen-bond acceptors (Lipinski definition) is 6. The molecule has 0 spiro atoms. The number of carbonyl (C=O) groups excluding carboxylic acids is 2. The largest absolute Gasteiger partial charge is 0.497 e. The van der Waals surface area contributed by atoms with Crippen LogP contribution >= 0.6 is 0 Å². The number of nitrogens with zero attached hydrogens (tertiary/aromatic N) is 2. The predicted molar refractivity (Wildman–Crippen MR) is 179 cm³/mol. The molecule has 1 N–H and O–H groups in total. The molecule has 4 aromatic carbocycles. The van der Waals surface area contributed by atoms with E-state index < -0.39 is 45.8 Å². The zero-order valence-electron chi connectivity index (χ0n) is 27.1. The van der Waals surface area contributed by atoms with Gasteiger partial charge in [0, 0.05) is 18.5 Å². The van der Waals surface area contributed by atoms with Gasteiger partial charge in [0.15, 0.2) is 0 Å². The summed E-state index contributed by atoms with van der Waals surface area (Å²) in [6.07, 6.45) is 0.167. The van der Waals surface area contributed by atoms with Gasteiger partial charge in [0.25, 0.3) is 10.0 Å². The maximum Gasteiger partial charge on any atom is 0.264 e. The summed E-state index contributed by atoms with van der Waals surface area (Å²) < 4.78 is 53.7. The van der Waals surface area contributed by atoms with Crippen molar-refractivity contribution < 1.29 is 31.9 Å². The lowest BCUT2D eigenvalue weighted by Gasteiger charge is -2.35. The van der Waals surface area contributed by atoms with E-state index in [1.165, 1.54) is 55.5 Å². The molecule has 0 saturated heterocycles. The summed E-state index contributed by atoms with van der Waals surface area (Å²) in [6.45, 7) is 4.84. The van der Waals surface area contributed by atoms with Crippen molar-refractivity contribution in [3.8, 4) is 11.5 Å². The quantitative estimate of drug-likeness (QED) is 0.200. The van der Waals surface area contributed by atoms with Gasteiger partial charge >= 0.3 is 0 Å². The van der Waals surface area contributed by atoms with E-state index >= 15 is 0 Å². The van der Waals surface area contributed by atoms with Gasteiger partial charge in [-0.15, -0.1) is 0 Å². The molecule has 0 heterocycles. The maximum atomic E-state index is 14.5. The Bertz CT molecular complexity index is 1760. The SMILES string of the molecule is COc1ccc(S(=O)(=O)N(CC(=O)N(Cc2cccc(OC)c2)[C@H](Cc2ccccc2)C(=O)NC(C)(C)C)c2ccc(F)cc2)cc1. The Morgan fingerprint density at radius 1 is 0.809 bits per heavy atom. The zero-order chi connectivity index (χ0) is 34.2. The first-order valence-corrected chi connectivity index (χ1v) is 16.5. The van der Waals surface area contributed by atoms with Crippen LogP contribution < -0.4 is 19.1 Å². The molecule has 0 aliphatic rings. The smallest absolute Gasteiger partial charge is 0.264 e. The maximum absolute atomic E-state index is 14.5. The fourth-order valence-electron chi connectivity index (χ4n) is 4.99. The zero-order valence-corrected chi connectivity index (χ0v) is 28.0. The van der Waals surface area contributed by atoms with Crippen LogP contribution in [0.5, 0.6) is 11.5 Å². The second-order valence-electron chi connectivity index (χ2n) is 12.0. The number of carbonyl (C=O) groups is 2. The van der Waals surface area contributed by atoms with Crippen molar-refractivity contribution in [2.24, 2.45) is 0 Å². The number of benzene rings is 4. The average molecular weight is 662 g/mol. The molecule has 1 atom stereocenters. The number of nitrogens with one attached hydrogen (secondary N) is 1. The van der Waals surface area contributed by atoms with Crippen molar-refractivity contribution in [1.82, 2.24) is 10.2 Å². The molecule has 2 amide bonds. The molecule has 0 fully saturated rings. The van der Waals surface area contributed by atoms with Gasteiger partial charge in [-0.05, 0) is 92.6 Å². The van der Waals surface area contributed by atoms with E-state index in [1.54, 1.807) is 24.3 Å². The molecule has 0 aliphatic carbocycles. The van der Waals surface area contributed by atoms with E-state index in [0.717, 1.165) is 22.0 Å². The van der Waals surface area contributed by atoms with E-state index in [9.17, 15) is 22.4 Å². The van der Waals surface area contributed by atoms with Gasteiger partial charge in [0.2, 0.25) is 11.8 Å². The van der Waals surface area contributed by atoms with Crippen molar-refractivity contribution in [2.45, 2.75) is 50.2 Å². The number of sulfonamides is 1. The fourth-order valence-corrected chi connectivity index (χ4v) is 6.40. The van der Waals surface area contributed by atoms with Gasteiger partial charge < -0.3 is 19.7 Å². The Kier molecular flexibility index (Phi) is 11.3.